The molecular formula is C7H14N2. The van der Waals surface area contributed by atoms with Crippen LogP contribution in [0.5, 0.6) is 0 Å². The van der Waals surface area contributed by atoms with Gasteiger partial charge in [0, 0.05) is 12.7 Å². The first-order valence-electron chi connectivity index (χ1n) is 3.91. The van der Waals surface area contributed by atoms with Gasteiger partial charge in [-0.15, -0.1) is 0 Å². The van der Waals surface area contributed by atoms with Gasteiger partial charge in [-0.05, 0) is 32.4 Å². The SMILES string of the molecule is C1C[C@H]2CCNCN2C1. The Balaban J connectivity index is 1.97. The highest BCUT2D eigenvalue weighted by Gasteiger charge is 2.25. The standard InChI is InChI=1S/C7H14N2/c1-2-7-3-4-8-6-9(7)5-1/h7-8H,1-6H2/t7-/m0/s1. The van der Waals surface area contributed by atoms with Gasteiger partial charge >= 0.3 is 0 Å². The molecule has 0 bridgehead atoms. The van der Waals surface area contributed by atoms with E-state index in [-0.39, 0.29) is 0 Å². The molecule has 2 heteroatoms. The minimum absolute atomic E-state index is 0.936. The molecule has 1 N–H and O–H groups in total. The zero-order valence-corrected chi connectivity index (χ0v) is 5.77. The molecule has 0 aromatic rings. The third-order valence-corrected chi connectivity index (χ3v) is 2.47. The van der Waals surface area contributed by atoms with Gasteiger partial charge in [0.25, 0.3) is 0 Å². The smallest absolute Gasteiger partial charge is 0.0483 e. The van der Waals surface area contributed by atoms with Crippen LogP contribution >= 0.6 is 0 Å². The Morgan fingerprint density at radius 1 is 1.33 bits per heavy atom. The molecule has 0 aromatic heterocycles. The first-order chi connectivity index (χ1) is 4.47. The number of nitrogens with one attached hydrogen (secondary N) is 1. The molecule has 0 aromatic carbocycles. The lowest BCUT2D eigenvalue weighted by Gasteiger charge is -2.29. The minimum atomic E-state index is 0.936. The summed E-state index contributed by atoms with van der Waals surface area (Å²) in [6, 6.07) is 0.936. The summed E-state index contributed by atoms with van der Waals surface area (Å²) in [4.78, 5) is 2.56. The van der Waals surface area contributed by atoms with Crippen molar-refractivity contribution < 1.29 is 0 Å². The molecule has 9 heavy (non-hydrogen) atoms. The summed E-state index contributed by atoms with van der Waals surface area (Å²) in [5, 5.41) is 3.38. The Morgan fingerprint density at radius 3 is 3.22 bits per heavy atom. The lowest BCUT2D eigenvalue weighted by atomic mass is 10.1. The highest BCUT2D eigenvalue weighted by molar-refractivity contribution is 4.81. The van der Waals surface area contributed by atoms with E-state index in [9.17, 15) is 0 Å². The summed E-state index contributed by atoms with van der Waals surface area (Å²) in [5.41, 5.74) is 0. The van der Waals surface area contributed by atoms with Crippen LogP contribution in [0.25, 0.3) is 0 Å². The molecule has 2 aliphatic heterocycles. The van der Waals surface area contributed by atoms with Crippen LogP contribution in [0.1, 0.15) is 19.3 Å². The predicted molar refractivity (Wildman–Crippen MR) is 37.2 cm³/mol. The van der Waals surface area contributed by atoms with Crippen molar-refractivity contribution in [3.63, 3.8) is 0 Å². The second-order valence-corrected chi connectivity index (χ2v) is 3.06. The number of nitrogens with zero attached hydrogens (tertiary/aromatic N) is 1. The van der Waals surface area contributed by atoms with Crippen molar-refractivity contribution in [2.24, 2.45) is 0 Å². The zero-order chi connectivity index (χ0) is 6.10. The molecule has 2 heterocycles. The Kier molecular flexibility index (Phi) is 1.44. The van der Waals surface area contributed by atoms with Crippen LogP contribution in [0.15, 0.2) is 0 Å². The topological polar surface area (TPSA) is 15.3 Å². The minimum Gasteiger partial charge on any atom is -0.304 e. The highest BCUT2D eigenvalue weighted by Crippen LogP contribution is 2.20. The summed E-state index contributed by atoms with van der Waals surface area (Å²) < 4.78 is 0. The zero-order valence-electron chi connectivity index (χ0n) is 5.77. The van der Waals surface area contributed by atoms with Crippen LogP contribution in [-0.4, -0.2) is 30.7 Å². The molecule has 0 spiro atoms. The van der Waals surface area contributed by atoms with Gasteiger partial charge in [-0.1, -0.05) is 0 Å². The molecule has 2 aliphatic rings. The molecule has 2 saturated heterocycles. The molecule has 2 nitrogen and oxygen atoms in total. The van der Waals surface area contributed by atoms with Crippen LogP contribution in [0, 0.1) is 0 Å². The lowest BCUT2D eigenvalue weighted by molar-refractivity contribution is 0.187. The van der Waals surface area contributed by atoms with Crippen molar-refractivity contribution >= 4 is 0 Å². The lowest BCUT2D eigenvalue weighted by Crippen LogP contribution is -2.44. The summed E-state index contributed by atoms with van der Waals surface area (Å²) in [5.74, 6) is 0. The van der Waals surface area contributed by atoms with Crippen molar-refractivity contribution in [3.05, 3.63) is 0 Å². The van der Waals surface area contributed by atoms with E-state index in [0.717, 1.165) is 12.7 Å². The maximum atomic E-state index is 3.38. The van der Waals surface area contributed by atoms with Crippen molar-refractivity contribution in [1.29, 1.82) is 0 Å². The summed E-state index contributed by atoms with van der Waals surface area (Å²) >= 11 is 0. The van der Waals surface area contributed by atoms with E-state index in [4.69, 9.17) is 0 Å². The number of hydrogen-bond donors (Lipinski definition) is 1. The average molecular weight is 126 g/mol. The Morgan fingerprint density at radius 2 is 2.33 bits per heavy atom. The van der Waals surface area contributed by atoms with Gasteiger partial charge in [-0.2, -0.15) is 0 Å². The van der Waals surface area contributed by atoms with E-state index < -0.39 is 0 Å². The predicted octanol–water partition coefficient (Wildman–Crippen LogP) is 0.402. The van der Waals surface area contributed by atoms with E-state index in [2.05, 4.69) is 10.2 Å². The fourth-order valence-corrected chi connectivity index (χ4v) is 1.92. The largest absolute Gasteiger partial charge is 0.304 e. The van der Waals surface area contributed by atoms with E-state index in [1.807, 2.05) is 0 Å². The van der Waals surface area contributed by atoms with Crippen LogP contribution in [0.3, 0.4) is 0 Å². The van der Waals surface area contributed by atoms with Crippen molar-refractivity contribution in [1.82, 2.24) is 10.2 Å². The molecule has 52 valence electrons. The fourth-order valence-electron chi connectivity index (χ4n) is 1.92. The average Bonchev–Trinajstić information content (AvgIpc) is 2.33. The number of fused-ring (bicyclic) bond motifs is 1. The Hall–Kier alpha value is -0.0800. The maximum Gasteiger partial charge on any atom is 0.0483 e. The molecular weight excluding hydrogens is 112 g/mol. The monoisotopic (exact) mass is 126 g/mol. The van der Waals surface area contributed by atoms with Gasteiger partial charge < -0.3 is 5.32 Å². The van der Waals surface area contributed by atoms with Crippen LogP contribution in [0.2, 0.25) is 0 Å². The number of rotatable bonds is 0. The van der Waals surface area contributed by atoms with E-state index >= 15 is 0 Å². The van der Waals surface area contributed by atoms with E-state index in [0.29, 0.717) is 0 Å². The van der Waals surface area contributed by atoms with Gasteiger partial charge in [0.2, 0.25) is 0 Å². The molecule has 1 atom stereocenters. The Labute approximate surface area is 56.2 Å². The van der Waals surface area contributed by atoms with Gasteiger partial charge in [-0.3, -0.25) is 4.90 Å². The first kappa shape index (κ1) is 5.69. The first-order valence-corrected chi connectivity index (χ1v) is 3.91. The second-order valence-electron chi connectivity index (χ2n) is 3.06. The quantitative estimate of drug-likeness (QED) is 0.505. The van der Waals surface area contributed by atoms with Crippen molar-refractivity contribution in [2.45, 2.75) is 25.3 Å². The van der Waals surface area contributed by atoms with Crippen LogP contribution in [0.4, 0.5) is 0 Å². The van der Waals surface area contributed by atoms with Crippen molar-refractivity contribution in [2.75, 3.05) is 19.8 Å². The van der Waals surface area contributed by atoms with E-state index in [1.165, 1.54) is 32.4 Å². The summed E-state index contributed by atoms with van der Waals surface area (Å²) in [7, 11) is 0. The molecule has 2 fully saturated rings. The van der Waals surface area contributed by atoms with Crippen LogP contribution < -0.4 is 5.32 Å². The van der Waals surface area contributed by atoms with Gasteiger partial charge in [-0.25, -0.2) is 0 Å². The number of hydrogen-bond acceptors (Lipinski definition) is 2. The second kappa shape index (κ2) is 2.27. The van der Waals surface area contributed by atoms with Gasteiger partial charge in [0.1, 0.15) is 0 Å². The molecule has 0 radical (unpaired) electrons. The summed E-state index contributed by atoms with van der Waals surface area (Å²) in [6.07, 6.45) is 4.24. The fraction of sp³-hybridized carbons (Fsp3) is 1.00. The summed E-state index contributed by atoms with van der Waals surface area (Å²) in [6.45, 7) is 3.71. The Bertz CT molecular complexity index is 91.1. The van der Waals surface area contributed by atoms with Gasteiger partial charge in [0.05, 0.1) is 0 Å². The third kappa shape index (κ3) is 0.970. The molecule has 0 aliphatic carbocycles. The molecule has 0 saturated carbocycles. The van der Waals surface area contributed by atoms with Gasteiger partial charge in [0.15, 0.2) is 0 Å². The molecule has 0 unspecified atom stereocenters. The van der Waals surface area contributed by atoms with Crippen molar-refractivity contribution in [3.8, 4) is 0 Å². The third-order valence-electron chi connectivity index (χ3n) is 2.47. The highest BCUT2D eigenvalue weighted by atomic mass is 15.3. The van der Waals surface area contributed by atoms with Crippen LogP contribution in [-0.2, 0) is 0 Å². The normalized spacial score (nSPS) is 36.7. The van der Waals surface area contributed by atoms with E-state index in [1.54, 1.807) is 0 Å². The molecule has 2 rings (SSSR count). The maximum absolute atomic E-state index is 3.38. The molecule has 0 amide bonds.